The maximum atomic E-state index is 12.0. The Labute approximate surface area is 106 Å². The van der Waals surface area contributed by atoms with Gasteiger partial charge in [-0.15, -0.1) is 0 Å². The van der Waals surface area contributed by atoms with Gasteiger partial charge in [0, 0.05) is 6.20 Å². The fourth-order valence-electron chi connectivity index (χ4n) is 1.44. The van der Waals surface area contributed by atoms with Crippen molar-refractivity contribution in [3.05, 3.63) is 48.3 Å². The Hall–Kier alpha value is -2.31. The molecule has 4 nitrogen and oxygen atoms in total. The van der Waals surface area contributed by atoms with E-state index in [0.717, 1.165) is 5.69 Å². The number of alkyl halides is 3. The summed E-state index contributed by atoms with van der Waals surface area (Å²) in [6.07, 6.45) is -2.92. The van der Waals surface area contributed by atoms with Gasteiger partial charge in [-0.05, 0) is 18.2 Å². The number of hydrogen-bond donors (Lipinski definition) is 1. The highest BCUT2D eigenvalue weighted by Gasteiger charge is 2.28. The van der Waals surface area contributed by atoms with Crippen LogP contribution in [0.1, 0.15) is 10.5 Å². The van der Waals surface area contributed by atoms with Crippen LogP contribution in [0.4, 0.5) is 13.2 Å². The van der Waals surface area contributed by atoms with Crippen molar-refractivity contribution in [2.24, 2.45) is 0 Å². The molecule has 0 fully saturated rings. The van der Waals surface area contributed by atoms with Crippen molar-refractivity contribution in [1.82, 2.24) is 15.1 Å². The molecule has 19 heavy (non-hydrogen) atoms. The Morgan fingerprint density at radius 2 is 1.89 bits per heavy atom. The van der Waals surface area contributed by atoms with E-state index in [0.29, 0.717) is 0 Å². The van der Waals surface area contributed by atoms with Crippen molar-refractivity contribution >= 4 is 5.91 Å². The monoisotopic (exact) mass is 269 g/mol. The second kappa shape index (κ2) is 5.13. The van der Waals surface area contributed by atoms with Gasteiger partial charge >= 0.3 is 6.18 Å². The summed E-state index contributed by atoms with van der Waals surface area (Å²) in [7, 11) is 0. The predicted molar refractivity (Wildman–Crippen MR) is 62.0 cm³/mol. The smallest absolute Gasteiger partial charge is 0.342 e. The van der Waals surface area contributed by atoms with E-state index >= 15 is 0 Å². The summed E-state index contributed by atoms with van der Waals surface area (Å²) >= 11 is 0. The number of aromatic nitrogens is 2. The number of rotatable bonds is 3. The van der Waals surface area contributed by atoms with Gasteiger partial charge in [0.25, 0.3) is 5.91 Å². The molecule has 7 heteroatoms. The van der Waals surface area contributed by atoms with Gasteiger partial charge in [0.1, 0.15) is 6.54 Å². The van der Waals surface area contributed by atoms with Crippen molar-refractivity contribution in [1.29, 1.82) is 0 Å². The Morgan fingerprint density at radius 3 is 2.53 bits per heavy atom. The minimum absolute atomic E-state index is 0.0619. The molecule has 0 aliphatic carbocycles. The van der Waals surface area contributed by atoms with Crippen LogP contribution in [0.25, 0.3) is 5.69 Å². The van der Waals surface area contributed by atoms with Crippen molar-refractivity contribution in [3.8, 4) is 5.69 Å². The van der Waals surface area contributed by atoms with Crippen molar-refractivity contribution in [2.45, 2.75) is 6.18 Å². The highest BCUT2D eigenvalue weighted by Crippen LogP contribution is 2.12. The molecule has 100 valence electrons. The van der Waals surface area contributed by atoms with Gasteiger partial charge in [-0.1, -0.05) is 18.2 Å². The van der Waals surface area contributed by atoms with Crippen LogP contribution < -0.4 is 5.32 Å². The largest absolute Gasteiger partial charge is 0.405 e. The number of para-hydroxylation sites is 1. The third-order valence-corrected chi connectivity index (χ3v) is 2.29. The highest BCUT2D eigenvalue weighted by molar-refractivity contribution is 5.92. The number of hydrogen-bond acceptors (Lipinski definition) is 2. The maximum Gasteiger partial charge on any atom is 0.405 e. The average Bonchev–Trinajstić information content (AvgIpc) is 2.86. The van der Waals surface area contributed by atoms with Crippen LogP contribution in [0.2, 0.25) is 0 Å². The van der Waals surface area contributed by atoms with Crippen molar-refractivity contribution < 1.29 is 18.0 Å². The molecule has 2 aromatic rings. The van der Waals surface area contributed by atoms with Crippen LogP contribution in [-0.2, 0) is 0 Å². The van der Waals surface area contributed by atoms with Gasteiger partial charge in [-0.2, -0.15) is 18.3 Å². The van der Waals surface area contributed by atoms with Crippen LogP contribution in [0.5, 0.6) is 0 Å². The molecule has 0 unspecified atom stereocenters. The molecule has 2 rings (SSSR count). The van der Waals surface area contributed by atoms with Gasteiger partial charge in [-0.3, -0.25) is 4.79 Å². The van der Waals surface area contributed by atoms with Gasteiger partial charge in [0.05, 0.1) is 5.69 Å². The van der Waals surface area contributed by atoms with Gasteiger partial charge in [0.15, 0.2) is 5.69 Å². The first-order chi connectivity index (χ1) is 8.96. The van der Waals surface area contributed by atoms with E-state index in [-0.39, 0.29) is 5.69 Å². The Balaban J connectivity index is 2.07. The molecule has 1 aromatic carbocycles. The summed E-state index contributed by atoms with van der Waals surface area (Å²) in [5.74, 6) is -0.855. The maximum absolute atomic E-state index is 12.0. The second-order valence-electron chi connectivity index (χ2n) is 3.78. The van der Waals surface area contributed by atoms with Crippen LogP contribution in [0.3, 0.4) is 0 Å². The summed E-state index contributed by atoms with van der Waals surface area (Å²) in [5, 5.41) is 5.68. The minimum atomic E-state index is -4.43. The summed E-state index contributed by atoms with van der Waals surface area (Å²) in [6.45, 7) is -1.37. The Morgan fingerprint density at radius 1 is 1.21 bits per heavy atom. The normalized spacial score (nSPS) is 11.3. The molecule has 0 aliphatic rings. The number of benzene rings is 1. The van der Waals surface area contributed by atoms with Crippen molar-refractivity contribution in [2.75, 3.05) is 6.54 Å². The van der Waals surface area contributed by atoms with E-state index in [4.69, 9.17) is 0 Å². The molecular weight excluding hydrogens is 259 g/mol. The predicted octanol–water partition coefficient (Wildman–Crippen LogP) is 2.16. The second-order valence-corrected chi connectivity index (χ2v) is 3.78. The lowest BCUT2D eigenvalue weighted by Gasteiger charge is -2.06. The molecule has 0 radical (unpaired) electrons. The van der Waals surface area contributed by atoms with E-state index in [9.17, 15) is 18.0 Å². The van der Waals surface area contributed by atoms with Crippen LogP contribution in [0, 0.1) is 0 Å². The Kier molecular flexibility index (Phi) is 3.55. The zero-order chi connectivity index (χ0) is 13.9. The van der Waals surface area contributed by atoms with Gasteiger partial charge in [-0.25, -0.2) is 4.68 Å². The van der Waals surface area contributed by atoms with Gasteiger partial charge < -0.3 is 5.32 Å². The van der Waals surface area contributed by atoms with E-state index in [2.05, 4.69) is 5.10 Å². The van der Waals surface area contributed by atoms with Crippen LogP contribution in [-0.4, -0.2) is 28.4 Å². The number of amides is 1. The lowest BCUT2D eigenvalue weighted by molar-refractivity contribution is -0.123. The molecule has 1 heterocycles. The molecule has 0 spiro atoms. The van der Waals surface area contributed by atoms with Crippen molar-refractivity contribution in [3.63, 3.8) is 0 Å². The first-order valence-electron chi connectivity index (χ1n) is 5.42. The fourth-order valence-corrected chi connectivity index (χ4v) is 1.44. The summed E-state index contributed by atoms with van der Waals surface area (Å²) in [4.78, 5) is 11.4. The molecule has 0 saturated carbocycles. The van der Waals surface area contributed by atoms with Crippen LogP contribution >= 0.6 is 0 Å². The number of carbonyl (C=O) groups excluding carboxylic acids is 1. The number of carbonyl (C=O) groups is 1. The summed E-state index contributed by atoms with van der Waals surface area (Å²) in [5.41, 5.74) is 0.658. The average molecular weight is 269 g/mol. The lowest BCUT2D eigenvalue weighted by atomic mass is 10.3. The van der Waals surface area contributed by atoms with Crippen LogP contribution in [0.15, 0.2) is 42.6 Å². The first kappa shape index (κ1) is 13.1. The number of nitrogens with zero attached hydrogens (tertiary/aromatic N) is 2. The third kappa shape index (κ3) is 3.57. The number of nitrogens with one attached hydrogen (secondary N) is 1. The molecule has 0 aliphatic heterocycles. The summed E-state index contributed by atoms with van der Waals surface area (Å²) in [6, 6.07) is 10.3. The third-order valence-electron chi connectivity index (χ3n) is 2.29. The quantitative estimate of drug-likeness (QED) is 0.928. The molecular formula is C12H10F3N3O. The summed E-state index contributed by atoms with van der Waals surface area (Å²) < 4.78 is 37.3. The SMILES string of the molecule is O=C(NCC(F)(F)F)c1ccn(-c2ccccc2)n1. The molecule has 0 saturated heterocycles. The van der Waals surface area contributed by atoms with E-state index in [1.165, 1.54) is 16.9 Å². The van der Waals surface area contributed by atoms with E-state index in [1.54, 1.807) is 29.6 Å². The van der Waals surface area contributed by atoms with E-state index in [1.807, 2.05) is 6.07 Å². The molecule has 1 N–H and O–H groups in total. The zero-order valence-corrected chi connectivity index (χ0v) is 9.69. The van der Waals surface area contributed by atoms with E-state index < -0.39 is 18.6 Å². The lowest BCUT2D eigenvalue weighted by Crippen LogP contribution is -2.33. The first-order valence-corrected chi connectivity index (χ1v) is 5.42. The molecule has 1 aromatic heterocycles. The Bertz CT molecular complexity index is 563. The van der Waals surface area contributed by atoms with Gasteiger partial charge in [0.2, 0.25) is 0 Å². The standard InChI is InChI=1S/C12H10F3N3O/c13-12(14,15)8-16-11(19)10-6-7-18(17-10)9-4-2-1-3-5-9/h1-7H,8H2,(H,16,19). The zero-order valence-electron chi connectivity index (χ0n) is 9.69. The molecule has 0 atom stereocenters. The molecule has 0 bridgehead atoms. The minimum Gasteiger partial charge on any atom is -0.342 e. The topological polar surface area (TPSA) is 46.9 Å². The number of halogens is 3. The highest BCUT2D eigenvalue weighted by atomic mass is 19.4. The fraction of sp³-hybridized carbons (Fsp3) is 0.167. The molecule has 1 amide bonds.